The molecule has 4 aromatic rings. The third-order valence-electron chi connectivity index (χ3n) is 5.48. The highest BCUT2D eigenvalue weighted by molar-refractivity contribution is 6.35. The molecule has 2 N–H and O–H groups in total. The van der Waals surface area contributed by atoms with Crippen LogP contribution in [-0.4, -0.2) is 34.8 Å². The Balaban J connectivity index is 1.51. The molecule has 1 saturated carbocycles. The lowest BCUT2D eigenvalue weighted by Gasteiger charge is -2.12. The number of hydrogen-bond acceptors (Lipinski definition) is 4. The van der Waals surface area contributed by atoms with Gasteiger partial charge in [0.15, 0.2) is 5.65 Å². The Morgan fingerprint density at radius 3 is 2.68 bits per heavy atom. The van der Waals surface area contributed by atoms with Gasteiger partial charge in [-0.2, -0.15) is 0 Å². The van der Waals surface area contributed by atoms with Crippen molar-refractivity contribution < 1.29 is 5.11 Å². The number of aliphatic hydroxyl groups is 1. The highest BCUT2D eigenvalue weighted by Crippen LogP contribution is 2.36. The largest absolute Gasteiger partial charge is 0.388 e. The van der Waals surface area contributed by atoms with Crippen LogP contribution >= 0.6 is 34.8 Å². The van der Waals surface area contributed by atoms with Crippen molar-refractivity contribution in [2.75, 3.05) is 0 Å². The van der Waals surface area contributed by atoms with E-state index < -0.39 is 5.60 Å². The van der Waals surface area contributed by atoms with Crippen LogP contribution in [0.2, 0.25) is 15.2 Å². The average Bonchev–Trinajstić information content (AvgIpc) is 3.20. The van der Waals surface area contributed by atoms with Gasteiger partial charge in [-0.05, 0) is 42.7 Å². The van der Waals surface area contributed by atoms with Gasteiger partial charge < -0.3 is 10.1 Å². The second kappa shape index (κ2) is 7.67. The number of hydrogen-bond donors (Lipinski definition) is 2. The molecule has 1 aliphatic carbocycles. The third kappa shape index (κ3) is 4.23. The van der Waals surface area contributed by atoms with E-state index in [2.05, 4.69) is 15.0 Å². The molecule has 160 valence electrons. The fourth-order valence-electron chi connectivity index (χ4n) is 3.62. The van der Waals surface area contributed by atoms with Crippen molar-refractivity contribution in [2.45, 2.75) is 38.0 Å². The normalized spacial score (nSPS) is 15.0. The van der Waals surface area contributed by atoms with Crippen molar-refractivity contribution in [2.24, 2.45) is 0 Å². The second-order valence-electron chi connectivity index (χ2n) is 7.94. The first-order valence-corrected chi connectivity index (χ1v) is 10.9. The molecule has 0 atom stereocenters. The molecular weight excluding hydrogens is 461 g/mol. The maximum absolute atomic E-state index is 13.2. The summed E-state index contributed by atoms with van der Waals surface area (Å²) < 4.78 is 3.19. The maximum atomic E-state index is 13.2. The molecule has 1 aliphatic rings. The predicted octanol–water partition coefficient (Wildman–Crippen LogP) is 4.05. The van der Waals surface area contributed by atoms with Gasteiger partial charge in [0.2, 0.25) is 0 Å². The number of halogens is 3. The monoisotopic (exact) mass is 477 g/mol. The first kappa shape index (κ1) is 20.6. The number of pyridine rings is 1. The van der Waals surface area contributed by atoms with Crippen LogP contribution in [0.3, 0.4) is 0 Å². The van der Waals surface area contributed by atoms with Crippen molar-refractivity contribution in [3.05, 3.63) is 79.3 Å². The summed E-state index contributed by atoms with van der Waals surface area (Å²) in [7, 11) is 0. The smallest absolute Gasteiger partial charge is 0.328 e. The minimum Gasteiger partial charge on any atom is -0.388 e. The summed E-state index contributed by atoms with van der Waals surface area (Å²) in [5.74, 6) is 0.588. The fraction of sp³-hybridized carbons (Fsp3) is 0.286. The zero-order chi connectivity index (χ0) is 21.8. The van der Waals surface area contributed by atoms with Crippen LogP contribution in [0.15, 0.2) is 41.3 Å². The first-order valence-electron chi connectivity index (χ1n) is 9.76. The van der Waals surface area contributed by atoms with Gasteiger partial charge in [0.05, 0.1) is 24.2 Å². The van der Waals surface area contributed by atoms with E-state index >= 15 is 0 Å². The van der Waals surface area contributed by atoms with Gasteiger partial charge in [0.25, 0.3) is 0 Å². The highest BCUT2D eigenvalue weighted by atomic mass is 35.5. The maximum Gasteiger partial charge on any atom is 0.328 e. The molecule has 7 nitrogen and oxygen atoms in total. The summed E-state index contributed by atoms with van der Waals surface area (Å²) in [5, 5.41) is 11.9. The Labute approximate surface area is 192 Å². The average molecular weight is 479 g/mol. The Kier molecular flexibility index (Phi) is 5.09. The van der Waals surface area contributed by atoms with E-state index in [4.69, 9.17) is 34.8 Å². The van der Waals surface area contributed by atoms with Crippen LogP contribution in [0, 0.1) is 0 Å². The molecule has 3 aromatic heterocycles. The van der Waals surface area contributed by atoms with Crippen LogP contribution in [0.25, 0.3) is 11.2 Å². The van der Waals surface area contributed by atoms with Crippen molar-refractivity contribution in [3.8, 4) is 0 Å². The second-order valence-corrected chi connectivity index (χ2v) is 9.17. The van der Waals surface area contributed by atoms with Gasteiger partial charge in [-0.3, -0.25) is 9.13 Å². The van der Waals surface area contributed by atoms with Crippen molar-refractivity contribution in [1.29, 1.82) is 0 Å². The van der Waals surface area contributed by atoms with Crippen LogP contribution < -0.4 is 5.69 Å². The molecule has 0 aliphatic heterocycles. The lowest BCUT2D eigenvalue weighted by Crippen LogP contribution is -2.31. The summed E-state index contributed by atoms with van der Waals surface area (Å²) in [6, 6.07) is 8.77. The van der Waals surface area contributed by atoms with Crippen LogP contribution in [0.1, 0.15) is 29.9 Å². The zero-order valence-corrected chi connectivity index (χ0v) is 18.5. The van der Waals surface area contributed by atoms with Crippen LogP contribution in [-0.2, 0) is 19.5 Å². The molecule has 0 saturated heterocycles. The number of fused-ring (bicyclic) bond motifs is 1. The molecule has 3 heterocycles. The number of nitrogens with one attached hydrogen (secondary N) is 1. The minimum absolute atomic E-state index is 0.216. The SMILES string of the molecule is O=c1n(Cc2nc3nc(Cl)ccc3[nH]2)cc(Cc2ccc(Cl)cc2Cl)n1CC1(O)CC1. The molecular formula is C21H18Cl3N5O2. The standard InChI is InChI=1S/C21H18Cl3N5O2/c22-13-2-1-12(15(23)8-13)7-14-9-28(20(30)29(14)11-21(31)5-6-21)10-18-25-16-3-4-17(24)26-19(16)27-18/h1-4,8-9,31H,5-7,10-11H2,(H,25,26,27). The molecule has 1 fully saturated rings. The molecule has 0 spiro atoms. The van der Waals surface area contributed by atoms with E-state index in [-0.39, 0.29) is 18.8 Å². The van der Waals surface area contributed by atoms with E-state index in [0.29, 0.717) is 45.9 Å². The summed E-state index contributed by atoms with van der Waals surface area (Å²) in [6.45, 7) is 0.482. The number of aromatic amines is 1. The Bertz CT molecular complexity index is 1350. The van der Waals surface area contributed by atoms with E-state index in [9.17, 15) is 9.90 Å². The summed E-state index contributed by atoms with van der Waals surface area (Å²) in [5.41, 5.74) is 1.80. The lowest BCUT2D eigenvalue weighted by atomic mass is 10.1. The van der Waals surface area contributed by atoms with Gasteiger partial charge in [0.1, 0.15) is 11.0 Å². The van der Waals surface area contributed by atoms with Crippen LogP contribution in [0.4, 0.5) is 0 Å². The predicted molar refractivity (Wildman–Crippen MR) is 120 cm³/mol. The first-order chi connectivity index (χ1) is 14.8. The highest BCUT2D eigenvalue weighted by Gasteiger charge is 2.41. The molecule has 1 aromatic carbocycles. The van der Waals surface area contributed by atoms with Crippen molar-refractivity contribution >= 4 is 46.0 Å². The zero-order valence-electron chi connectivity index (χ0n) is 16.3. The van der Waals surface area contributed by atoms with Gasteiger partial charge in [-0.15, -0.1) is 0 Å². The number of imidazole rings is 2. The van der Waals surface area contributed by atoms with E-state index in [1.807, 2.05) is 6.07 Å². The molecule has 5 rings (SSSR count). The Morgan fingerprint density at radius 1 is 1.13 bits per heavy atom. The fourth-order valence-corrected chi connectivity index (χ4v) is 4.24. The number of aromatic nitrogens is 5. The minimum atomic E-state index is -0.825. The van der Waals surface area contributed by atoms with Crippen molar-refractivity contribution in [3.63, 3.8) is 0 Å². The Morgan fingerprint density at radius 2 is 1.94 bits per heavy atom. The lowest BCUT2D eigenvalue weighted by molar-refractivity contribution is 0.127. The van der Waals surface area contributed by atoms with E-state index in [0.717, 1.165) is 16.8 Å². The number of rotatable bonds is 6. The number of benzene rings is 1. The summed E-state index contributed by atoms with van der Waals surface area (Å²) in [4.78, 5) is 25.0. The molecule has 0 unspecified atom stereocenters. The summed E-state index contributed by atoms with van der Waals surface area (Å²) >= 11 is 18.3. The molecule has 0 amide bonds. The quantitative estimate of drug-likeness (QED) is 0.409. The van der Waals surface area contributed by atoms with Gasteiger partial charge in [-0.1, -0.05) is 40.9 Å². The Hall–Kier alpha value is -2.32. The number of H-pyrrole nitrogens is 1. The topological polar surface area (TPSA) is 88.7 Å². The molecule has 0 bridgehead atoms. The van der Waals surface area contributed by atoms with Crippen molar-refractivity contribution in [1.82, 2.24) is 24.1 Å². The van der Waals surface area contributed by atoms with E-state index in [1.165, 1.54) is 0 Å². The molecule has 10 heteroatoms. The van der Waals surface area contributed by atoms with E-state index in [1.54, 1.807) is 39.6 Å². The van der Waals surface area contributed by atoms with Gasteiger partial charge in [-0.25, -0.2) is 14.8 Å². The van der Waals surface area contributed by atoms with Gasteiger partial charge >= 0.3 is 5.69 Å². The third-order valence-corrected chi connectivity index (χ3v) is 6.27. The molecule has 31 heavy (non-hydrogen) atoms. The number of nitrogens with zero attached hydrogens (tertiary/aromatic N) is 4. The molecule has 0 radical (unpaired) electrons. The van der Waals surface area contributed by atoms with Gasteiger partial charge in [0, 0.05) is 28.4 Å². The van der Waals surface area contributed by atoms with Crippen LogP contribution in [0.5, 0.6) is 0 Å². The summed E-state index contributed by atoms with van der Waals surface area (Å²) in [6.07, 6.45) is 3.59.